The quantitative estimate of drug-likeness (QED) is 0.778. The second-order valence-electron chi connectivity index (χ2n) is 3.16. The fraction of sp³-hybridized carbons (Fsp3) is 0.0769. The van der Waals surface area contributed by atoms with Crippen molar-refractivity contribution in [1.82, 2.24) is 0 Å². The van der Waals surface area contributed by atoms with Crippen molar-refractivity contribution in [2.24, 2.45) is 0 Å². The van der Waals surface area contributed by atoms with E-state index in [1.807, 2.05) is 48.5 Å². The summed E-state index contributed by atoms with van der Waals surface area (Å²) in [7, 11) is 0. The summed E-state index contributed by atoms with van der Waals surface area (Å²) in [5.41, 5.74) is 2.17. The van der Waals surface area contributed by atoms with E-state index in [0.29, 0.717) is 0 Å². The number of benzene rings is 2. The van der Waals surface area contributed by atoms with Gasteiger partial charge in [-0.2, -0.15) is 0 Å². The maximum Gasteiger partial charge on any atom is 0.140 e. The Hall–Kier alpha value is -1.06. The van der Waals surface area contributed by atoms with Gasteiger partial charge in [-0.15, -0.1) is 0 Å². The average molecular weight is 271 g/mol. The van der Waals surface area contributed by atoms with Crippen LogP contribution in [0.5, 0.6) is 0 Å². The van der Waals surface area contributed by atoms with Crippen LogP contribution in [0.15, 0.2) is 48.5 Å². The molecular formula is C13H12Cl2O2. The van der Waals surface area contributed by atoms with Gasteiger partial charge in [0.25, 0.3) is 0 Å². The van der Waals surface area contributed by atoms with E-state index in [1.54, 1.807) is 0 Å². The van der Waals surface area contributed by atoms with Crippen molar-refractivity contribution < 1.29 is 10.2 Å². The van der Waals surface area contributed by atoms with E-state index in [-0.39, 0.29) is 0 Å². The third-order valence-corrected chi connectivity index (χ3v) is 2.45. The molecule has 2 rings (SSSR count). The lowest BCUT2D eigenvalue weighted by Gasteiger charge is -2.02. The van der Waals surface area contributed by atoms with Crippen molar-refractivity contribution >= 4 is 23.2 Å². The fourth-order valence-electron chi connectivity index (χ4n) is 1.34. The van der Waals surface area contributed by atoms with Crippen LogP contribution in [0.3, 0.4) is 0 Å². The molecule has 90 valence electrons. The number of hydrogen-bond acceptors (Lipinski definition) is 2. The Kier molecular flexibility index (Phi) is 6.01. The molecule has 17 heavy (non-hydrogen) atoms. The molecule has 0 aliphatic heterocycles. The molecule has 2 aromatic carbocycles. The molecule has 0 amide bonds. The van der Waals surface area contributed by atoms with Crippen LogP contribution < -0.4 is 0 Å². The summed E-state index contributed by atoms with van der Waals surface area (Å²) in [5, 5.41) is 15.7. The lowest BCUT2D eigenvalue weighted by atomic mass is 10.1. The largest absolute Gasteiger partial charge is 0.371 e. The summed E-state index contributed by atoms with van der Waals surface area (Å²) < 4.78 is 0. The summed E-state index contributed by atoms with van der Waals surface area (Å²) in [6.07, 6.45) is 0. The Morgan fingerprint density at radius 3 is 1.41 bits per heavy atom. The van der Waals surface area contributed by atoms with E-state index in [2.05, 4.69) is 0 Å². The van der Waals surface area contributed by atoms with Gasteiger partial charge in [0.2, 0.25) is 0 Å². The zero-order valence-electron chi connectivity index (χ0n) is 8.98. The van der Waals surface area contributed by atoms with Gasteiger partial charge in [0.05, 0.1) is 0 Å². The first-order valence-corrected chi connectivity index (χ1v) is 5.66. The molecule has 0 aliphatic carbocycles. The predicted octanol–water partition coefficient (Wildman–Crippen LogP) is 3.59. The third-order valence-electron chi connectivity index (χ3n) is 1.98. The van der Waals surface area contributed by atoms with Crippen LogP contribution in [-0.4, -0.2) is 17.0 Å². The fourth-order valence-corrected chi connectivity index (χ4v) is 1.72. The van der Waals surface area contributed by atoms with Crippen molar-refractivity contribution in [3.8, 4) is 11.1 Å². The summed E-state index contributed by atoms with van der Waals surface area (Å²) in [6, 6.07) is 15.4. The molecule has 0 saturated heterocycles. The van der Waals surface area contributed by atoms with Gasteiger partial charge in [0.15, 0.2) is 0 Å². The molecule has 0 radical (unpaired) electrons. The molecule has 2 N–H and O–H groups in total. The molecule has 0 saturated carbocycles. The minimum atomic E-state index is -0.750. The topological polar surface area (TPSA) is 40.5 Å². The summed E-state index contributed by atoms with van der Waals surface area (Å²) >= 11 is 11.8. The van der Waals surface area contributed by atoms with Gasteiger partial charge in [-0.05, 0) is 35.4 Å². The standard InChI is InChI=1S/C12H8Cl2.CH4O2/c13-11-5-1-3-9(7-11)10-4-2-6-12(14)8-10;2-1-3/h1-8H;2-3H,1H2. The molecule has 0 heterocycles. The molecule has 0 atom stereocenters. The molecule has 2 aromatic rings. The second kappa shape index (κ2) is 7.30. The SMILES string of the molecule is Clc1cccc(-c2cccc(Cl)c2)c1.OCO. The highest BCUT2D eigenvalue weighted by Gasteiger charge is 1.98. The van der Waals surface area contributed by atoms with Gasteiger partial charge < -0.3 is 10.2 Å². The van der Waals surface area contributed by atoms with Crippen LogP contribution in [0.1, 0.15) is 0 Å². The highest BCUT2D eigenvalue weighted by molar-refractivity contribution is 6.31. The minimum Gasteiger partial charge on any atom is -0.371 e. The zero-order valence-corrected chi connectivity index (χ0v) is 10.5. The smallest absolute Gasteiger partial charge is 0.140 e. The normalized spacial score (nSPS) is 9.41. The number of aliphatic hydroxyl groups excluding tert-OH is 1. The van der Waals surface area contributed by atoms with Crippen molar-refractivity contribution in [3.05, 3.63) is 58.6 Å². The van der Waals surface area contributed by atoms with Crippen LogP contribution in [0.25, 0.3) is 11.1 Å². The summed E-state index contributed by atoms with van der Waals surface area (Å²) in [6.45, 7) is -0.750. The molecule has 2 nitrogen and oxygen atoms in total. The van der Waals surface area contributed by atoms with Crippen molar-refractivity contribution in [1.29, 1.82) is 0 Å². The predicted molar refractivity (Wildman–Crippen MR) is 71.2 cm³/mol. The number of hydrogen-bond donors (Lipinski definition) is 2. The summed E-state index contributed by atoms with van der Waals surface area (Å²) in [4.78, 5) is 0. The van der Waals surface area contributed by atoms with E-state index in [0.717, 1.165) is 21.2 Å². The molecule has 0 unspecified atom stereocenters. The molecular weight excluding hydrogens is 259 g/mol. The highest BCUT2D eigenvalue weighted by atomic mass is 35.5. The van der Waals surface area contributed by atoms with Crippen molar-refractivity contribution in [3.63, 3.8) is 0 Å². The maximum atomic E-state index is 7.12. The van der Waals surface area contributed by atoms with Crippen molar-refractivity contribution in [2.45, 2.75) is 0 Å². The van der Waals surface area contributed by atoms with Gasteiger partial charge in [-0.3, -0.25) is 0 Å². The molecule has 0 aromatic heterocycles. The first-order chi connectivity index (χ1) is 8.17. The van der Waals surface area contributed by atoms with Gasteiger partial charge in [-0.25, -0.2) is 0 Å². The average Bonchev–Trinajstić information content (AvgIpc) is 2.30. The number of rotatable bonds is 1. The molecule has 0 aliphatic rings. The molecule has 0 fully saturated rings. The van der Waals surface area contributed by atoms with Crippen LogP contribution in [0.2, 0.25) is 10.0 Å². The van der Waals surface area contributed by atoms with Gasteiger partial charge in [0.1, 0.15) is 6.79 Å². The summed E-state index contributed by atoms with van der Waals surface area (Å²) in [5.74, 6) is 0. The Bertz CT molecular complexity index is 429. The Balaban J connectivity index is 0.000000437. The molecule has 0 spiro atoms. The van der Waals surface area contributed by atoms with Crippen LogP contribution in [0.4, 0.5) is 0 Å². The second-order valence-corrected chi connectivity index (χ2v) is 4.03. The molecule has 4 heteroatoms. The first-order valence-electron chi connectivity index (χ1n) is 4.90. The van der Waals surface area contributed by atoms with Crippen LogP contribution in [0, 0.1) is 0 Å². The van der Waals surface area contributed by atoms with Crippen LogP contribution in [-0.2, 0) is 0 Å². The van der Waals surface area contributed by atoms with E-state index in [4.69, 9.17) is 33.4 Å². The number of halogens is 2. The minimum absolute atomic E-state index is 0.738. The van der Waals surface area contributed by atoms with Gasteiger partial charge in [-0.1, -0.05) is 47.5 Å². The maximum absolute atomic E-state index is 7.12. The Morgan fingerprint density at radius 2 is 1.12 bits per heavy atom. The lowest BCUT2D eigenvalue weighted by Crippen LogP contribution is -1.76. The zero-order chi connectivity index (χ0) is 12.7. The first kappa shape index (κ1) is 14.0. The molecule has 0 bridgehead atoms. The number of aliphatic hydroxyl groups is 2. The Labute approximate surface area is 110 Å². The van der Waals surface area contributed by atoms with Crippen LogP contribution >= 0.6 is 23.2 Å². The third kappa shape index (κ3) is 4.75. The monoisotopic (exact) mass is 270 g/mol. The van der Waals surface area contributed by atoms with Gasteiger partial charge in [0, 0.05) is 10.0 Å². The van der Waals surface area contributed by atoms with E-state index in [1.165, 1.54) is 0 Å². The van der Waals surface area contributed by atoms with E-state index < -0.39 is 6.79 Å². The Morgan fingerprint density at radius 1 is 0.765 bits per heavy atom. The van der Waals surface area contributed by atoms with E-state index in [9.17, 15) is 0 Å². The lowest BCUT2D eigenvalue weighted by molar-refractivity contribution is 0.0773. The highest BCUT2D eigenvalue weighted by Crippen LogP contribution is 2.24. The van der Waals surface area contributed by atoms with Gasteiger partial charge >= 0.3 is 0 Å². The van der Waals surface area contributed by atoms with E-state index >= 15 is 0 Å². The van der Waals surface area contributed by atoms with Crippen molar-refractivity contribution in [2.75, 3.05) is 6.79 Å².